The number of piperazine rings is 1. The molecule has 1 heterocycles. The first-order chi connectivity index (χ1) is 6.59. The van der Waals surface area contributed by atoms with Gasteiger partial charge in [-0.05, 0) is 6.42 Å². The molecule has 1 N–H and O–H groups in total. The van der Waals surface area contributed by atoms with Gasteiger partial charge in [0.25, 0.3) is 0 Å². The van der Waals surface area contributed by atoms with Crippen molar-refractivity contribution in [1.29, 1.82) is 0 Å². The molecule has 1 aliphatic heterocycles. The molecule has 0 aromatic carbocycles. The molecule has 80 valence electrons. The SMILES string of the molecule is CS(=O)CCCN1CC(=O)NCC1=O. The lowest BCUT2D eigenvalue weighted by Crippen LogP contribution is -2.51. The number of hydrogen-bond acceptors (Lipinski definition) is 3. The van der Waals surface area contributed by atoms with E-state index >= 15 is 0 Å². The van der Waals surface area contributed by atoms with Crippen LogP contribution < -0.4 is 5.32 Å². The number of nitrogens with zero attached hydrogens (tertiary/aromatic N) is 1. The van der Waals surface area contributed by atoms with Crippen LogP contribution in [0.1, 0.15) is 6.42 Å². The molecule has 1 unspecified atom stereocenters. The predicted octanol–water partition coefficient (Wildman–Crippen LogP) is -1.29. The molecule has 0 radical (unpaired) electrons. The van der Waals surface area contributed by atoms with Crippen LogP contribution in [0.15, 0.2) is 0 Å². The van der Waals surface area contributed by atoms with Crippen LogP contribution in [0.2, 0.25) is 0 Å². The van der Waals surface area contributed by atoms with Crippen LogP contribution in [0.4, 0.5) is 0 Å². The van der Waals surface area contributed by atoms with Crippen molar-refractivity contribution in [2.75, 3.05) is 31.6 Å². The van der Waals surface area contributed by atoms with E-state index in [4.69, 9.17) is 0 Å². The third-order valence-electron chi connectivity index (χ3n) is 1.98. The Morgan fingerprint density at radius 1 is 1.50 bits per heavy atom. The van der Waals surface area contributed by atoms with Gasteiger partial charge in [-0.3, -0.25) is 13.8 Å². The largest absolute Gasteiger partial charge is 0.345 e. The summed E-state index contributed by atoms with van der Waals surface area (Å²) < 4.78 is 10.8. The van der Waals surface area contributed by atoms with E-state index in [9.17, 15) is 13.8 Å². The smallest absolute Gasteiger partial charge is 0.242 e. The molecule has 0 saturated carbocycles. The minimum atomic E-state index is -0.828. The fourth-order valence-electron chi connectivity index (χ4n) is 1.27. The zero-order valence-corrected chi connectivity index (χ0v) is 8.93. The lowest BCUT2D eigenvalue weighted by atomic mass is 10.3. The second kappa shape index (κ2) is 5.09. The maximum absolute atomic E-state index is 11.3. The van der Waals surface area contributed by atoms with E-state index in [-0.39, 0.29) is 24.9 Å². The van der Waals surface area contributed by atoms with E-state index in [0.29, 0.717) is 18.7 Å². The zero-order valence-electron chi connectivity index (χ0n) is 8.12. The molecule has 5 nitrogen and oxygen atoms in total. The van der Waals surface area contributed by atoms with Crippen molar-refractivity contribution >= 4 is 22.6 Å². The number of rotatable bonds is 4. The lowest BCUT2D eigenvalue weighted by molar-refractivity contribution is -0.140. The highest BCUT2D eigenvalue weighted by molar-refractivity contribution is 7.84. The molecule has 0 aromatic rings. The van der Waals surface area contributed by atoms with Crippen molar-refractivity contribution in [3.05, 3.63) is 0 Å². The van der Waals surface area contributed by atoms with Gasteiger partial charge in [-0.15, -0.1) is 0 Å². The number of hydrogen-bond donors (Lipinski definition) is 1. The average molecular weight is 218 g/mol. The van der Waals surface area contributed by atoms with Crippen molar-refractivity contribution in [2.45, 2.75) is 6.42 Å². The average Bonchev–Trinajstić information content (AvgIpc) is 2.10. The van der Waals surface area contributed by atoms with Crippen LogP contribution in [0, 0.1) is 0 Å². The summed E-state index contributed by atoms with van der Waals surface area (Å²) in [5.41, 5.74) is 0. The summed E-state index contributed by atoms with van der Waals surface area (Å²) in [4.78, 5) is 23.7. The summed E-state index contributed by atoms with van der Waals surface area (Å²) >= 11 is 0. The molecule has 1 saturated heterocycles. The van der Waals surface area contributed by atoms with E-state index in [2.05, 4.69) is 5.32 Å². The molecule has 14 heavy (non-hydrogen) atoms. The number of carbonyl (C=O) groups is 2. The molecule has 0 aliphatic carbocycles. The van der Waals surface area contributed by atoms with Crippen LogP contribution in [0.3, 0.4) is 0 Å². The Morgan fingerprint density at radius 3 is 2.86 bits per heavy atom. The standard InChI is InChI=1S/C8H14N2O3S/c1-14(13)4-2-3-10-6-7(11)9-5-8(10)12/h2-6H2,1H3,(H,9,11). The Hall–Kier alpha value is -0.910. The quantitative estimate of drug-likeness (QED) is 0.638. The number of nitrogens with one attached hydrogen (secondary N) is 1. The second-order valence-corrected chi connectivity index (χ2v) is 4.78. The fraction of sp³-hybridized carbons (Fsp3) is 0.750. The van der Waals surface area contributed by atoms with E-state index in [1.807, 2.05) is 0 Å². The molecule has 0 spiro atoms. The minimum Gasteiger partial charge on any atom is -0.345 e. The van der Waals surface area contributed by atoms with Crippen molar-refractivity contribution in [1.82, 2.24) is 10.2 Å². The molecule has 1 rings (SSSR count). The molecule has 2 amide bonds. The maximum Gasteiger partial charge on any atom is 0.242 e. The van der Waals surface area contributed by atoms with Crippen molar-refractivity contribution < 1.29 is 13.8 Å². The van der Waals surface area contributed by atoms with Gasteiger partial charge in [-0.2, -0.15) is 0 Å². The number of amides is 2. The minimum absolute atomic E-state index is 0.0634. The van der Waals surface area contributed by atoms with Gasteiger partial charge in [0.15, 0.2) is 0 Å². The highest BCUT2D eigenvalue weighted by atomic mass is 32.2. The highest BCUT2D eigenvalue weighted by Crippen LogP contribution is 1.97. The maximum atomic E-state index is 11.3. The summed E-state index contributed by atoms with van der Waals surface area (Å²) in [6.07, 6.45) is 2.31. The molecule has 0 aromatic heterocycles. The summed E-state index contributed by atoms with van der Waals surface area (Å²) in [5, 5.41) is 2.47. The Bertz CT molecular complexity index is 267. The van der Waals surface area contributed by atoms with Crippen LogP contribution in [-0.4, -0.2) is 52.6 Å². The molecule has 0 bridgehead atoms. The van der Waals surface area contributed by atoms with Gasteiger partial charge >= 0.3 is 0 Å². The first-order valence-corrected chi connectivity index (χ1v) is 6.17. The van der Waals surface area contributed by atoms with Crippen molar-refractivity contribution in [3.8, 4) is 0 Å². The van der Waals surface area contributed by atoms with E-state index in [1.54, 1.807) is 6.26 Å². The van der Waals surface area contributed by atoms with Crippen LogP contribution >= 0.6 is 0 Å². The molecule has 1 atom stereocenters. The zero-order chi connectivity index (χ0) is 10.6. The summed E-state index contributed by atoms with van der Waals surface area (Å²) in [6.45, 7) is 0.745. The van der Waals surface area contributed by atoms with E-state index < -0.39 is 10.8 Å². The highest BCUT2D eigenvalue weighted by Gasteiger charge is 2.22. The van der Waals surface area contributed by atoms with E-state index in [0.717, 1.165) is 0 Å². The monoisotopic (exact) mass is 218 g/mol. The van der Waals surface area contributed by atoms with Gasteiger partial charge in [0.2, 0.25) is 11.8 Å². The fourth-order valence-corrected chi connectivity index (χ4v) is 1.80. The third kappa shape index (κ3) is 3.45. The van der Waals surface area contributed by atoms with Gasteiger partial charge in [-0.25, -0.2) is 0 Å². The van der Waals surface area contributed by atoms with E-state index in [1.165, 1.54) is 4.90 Å². The van der Waals surface area contributed by atoms with Gasteiger partial charge < -0.3 is 10.2 Å². The van der Waals surface area contributed by atoms with Gasteiger partial charge in [0.05, 0.1) is 13.1 Å². The van der Waals surface area contributed by atoms with Crippen molar-refractivity contribution in [2.24, 2.45) is 0 Å². The first-order valence-electron chi connectivity index (χ1n) is 4.44. The molecular formula is C8H14N2O3S. The summed E-state index contributed by atoms with van der Waals surface area (Å²) in [6, 6.07) is 0. The number of carbonyl (C=O) groups excluding carboxylic acids is 2. The van der Waals surface area contributed by atoms with Crippen molar-refractivity contribution in [3.63, 3.8) is 0 Å². The Morgan fingerprint density at radius 2 is 2.21 bits per heavy atom. The van der Waals surface area contributed by atoms with Crippen LogP contribution in [-0.2, 0) is 20.4 Å². The van der Waals surface area contributed by atoms with Gasteiger partial charge in [0, 0.05) is 29.4 Å². The molecular weight excluding hydrogens is 204 g/mol. The topological polar surface area (TPSA) is 66.5 Å². The van der Waals surface area contributed by atoms with Gasteiger partial charge in [0.1, 0.15) is 0 Å². The lowest BCUT2D eigenvalue weighted by Gasteiger charge is -2.26. The summed E-state index contributed by atoms with van der Waals surface area (Å²) in [5.74, 6) is 0.388. The third-order valence-corrected chi connectivity index (χ3v) is 2.85. The van der Waals surface area contributed by atoms with Crippen LogP contribution in [0.5, 0.6) is 0 Å². The van der Waals surface area contributed by atoms with Gasteiger partial charge in [-0.1, -0.05) is 0 Å². The first kappa shape index (κ1) is 11.2. The Balaban J connectivity index is 2.31. The van der Waals surface area contributed by atoms with Crippen LogP contribution in [0.25, 0.3) is 0 Å². The predicted molar refractivity (Wildman–Crippen MR) is 53.1 cm³/mol. The second-order valence-electron chi connectivity index (χ2n) is 3.22. The Kier molecular flexibility index (Phi) is 4.06. The normalized spacial score (nSPS) is 19.4. The Labute approximate surface area is 85.3 Å². The molecule has 1 fully saturated rings. The summed E-state index contributed by atoms with van der Waals surface area (Å²) in [7, 11) is -0.828. The molecule has 1 aliphatic rings. The molecule has 6 heteroatoms.